The summed E-state index contributed by atoms with van der Waals surface area (Å²) in [6.45, 7) is 5.10. The van der Waals surface area contributed by atoms with Crippen LogP contribution >= 0.6 is 0 Å². The molecule has 2 aliphatic heterocycles. The first-order chi connectivity index (χ1) is 16.9. The van der Waals surface area contributed by atoms with Gasteiger partial charge in [0.2, 0.25) is 5.91 Å². The van der Waals surface area contributed by atoms with Gasteiger partial charge in [-0.25, -0.2) is 4.98 Å². The summed E-state index contributed by atoms with van der Waals surface area (Å²) < 4.78 is 38.3. The third kappa shape index (κ3) is 5.24. The second-order valence-corrected chi connectivity index (χ2v) is 9.26. The van der Waals surface area contributed by atoms with Gasteiger partial charge in [-0.05, 0) is 36.6 Å². The summed E-state index contributed by atoms with van der Waals surface area (Å²) in [7, 11) is 0. The minimum Gasteiger partial charge on any atom is -0.357 e. The van der Waals surface area contributed by atoms with Gasteiger partial charge in [0, 0.05) is 69.5 Å². The summed E-state index contributed by atoms with van der Waals surface area (Å²) in [4.78, 5) is 28.0. The molecule has 0 N–H and O–H groups in total. The average molecular weight is 484 g/mol. The van der Waals surface area contributed by atoms with Gasteiger partial charge in [-0.15, -0.1) is 0 Å². The number of halogens is 3. The Hall–Kier alpha value is -3.20. The second-order valence-electron chi connectivity index (χ2n) is 9.26. The lowest BCUT2D eigenvalue weighted by Crippen LogP contribution is -2.51. The molecule has 2 fully saturated rings. The van der Waals surface area contributed by atoms with Crippen molar-refractivity contribution in [1.29, 1.82) is 0 Å². The highest BCUT2D eigenvalue weighted by Gasteiger charge is 2.33. The minimum absolute atomic E-state index is 0.0467. The number of benzene rings is 1. The van der Waals surface area contributed by atoms with Crippen LogP contribution in [0.2, 0.25) is 0 Å². The standard InChI is InChI=1S/C26H28F3N5O/c27-26(28,29)22-6-7-23(31-17-22)33-11-8-20(9-12-33)25(35)34-15-13-32(14-16-34)18-21-4-1-3-19-5-2-10-30-24(19)21/h1-7,10,17,20H,8-9,11-16,18H2. The first-order valence-corrected chi connectivity index (χ1v) is 12.0. The number of rotatable bonds is 4. The zero-order valence-corrected chi connectivity index (χ0v) is 19.4. The van der Waals surface area contributed by atoms with Gasteiger partial charge in [0.15, 0.2) is 0 Å². The number of hydrogen-bond donors (Lipinski definition) is 0. The summed E-state index contributed by atoms with van der Waals surface area (Å²) in [5.41, 5.74) is 1.48. The van der Waals surface area contributed by atoms with Crippen molar-refractivity contribution >= 4 is 22.6 Å². The molecule has 184 valence electrons. The lowest BCUT2D eigenvalue weighted by molar-refractivity contribution is -0.138. The number of anilines is 1. The van der Waals surface area contributed by atoms with Crippen molar-refractivity contribution in [3.05, 3.63) is 66.0 Å². The Kier molecular flexibility index (Phi) is 6.60. The Morgan fingerprint density at radius 1 is 0.914 bits per heavy atom. The number of aromatic nitrogens is 2. The van der Waals surface area contributed by atoms with Crippen LogP contribution in [0.5, 0.6) is 0 Å². The number of fused-ring (bicyclic) bond motifs is 1. The molecule has 2 saturated heterocycles. The van der Waals surface area contributed by atoms with E-state index in [-0.39, 0.29) is 11.8 Å². The van der Waals surface area contributed by atoms with Crippen molar-refractivity contribution in [3.8, 4) is 0 Å². The molecular weight excluding hydrogens is 455 g/mol. The topological polar surface area (TPSA) is 52.6 Å². The molecule has 0 aliphatic carbocycles. The highest BCUT2D eigenvalue weighted by atomic mass is 19.4. The van der Waals surface area contributed by atoms with Gasteiger partial charge in [0.05, 0.1) is 11.1 Å². The molecule has 1 amide bonds. The van der Waals surface area contributed by atoms with Crippen LogP contribution in [0.1, 0.15) is 24.0 Å². The number of nitrogens with zero attached hydrogens (tertiary/aromatic N) is 5. The van der Waals surface area contributed by atoms with Crippen molar-refractivity contribution in [2.75, 3.05) is 44.2 Å². The zero-order valence-electron chi connectivity index (χ0n) is 19.4. The lowest BCUT2D eigenvalue weighted by atomic mass is 9.95. The predicted octanol–water partition coefficient (Wildman–Crippen LogP) is 4.21. The van der Waals surface area contributed by atoms with Gasteiger partial charge in [-0.2, -0.15) is 13.2 Å². The van der Waals surface area contributed by atoms with Crippen molar-refractivity contribution in [2.24, 2.45) is 5.92 Å². The van der Waals surface area contributed by atoms with E-state index >= 15 is 0 Å². The van der Waals surface area contributed by atoms with Crippen molar-refractivity contribution in [2.45, 2.75) is 25.6 Å². The van der Waals surface area contributed by atoms with E-state index in [1.165, 1.54) is 11.6 Å². The maximum absolute atomic E-state index is 13.1. The largest absolute Gasteiger partial charge is 0.417 e. The van der Waals surface area contributed by atoms with Crippen LogP contribution in [0, 0.1) is 5.92 Å². The summed E-state index contributed by atoms with van der Waals surface area (Å²) in [6.07, 6.45) is -0.324. The Morgan fingerprint density at radius 3 is 2.34 bits per heavy atom. The predicted molar refractivity (Wildman–Crippen MR) is 128 cm³/mol. The van der Waals surface area contributed by atoms with Gasteiger partial charge < -0.3 is 9.80 Å². The van der Waals surface area contributed by atoms with Gasteiger partial charge in [0.25, 0.3) is 0 Å². The lowest BCUT2D eigenvalue weighted by Gasteiger charge is -2.39. The molecule has 4 heterocycles. The van der Waals surface area contributed by atoms with E-state index in [4.69, 9.17) is 0 Å². The molecular formula is C26H28F3N5O. The molecule has 0 atom stereocenters. The highest BCUT2D eigenvalue weighted by molar-refractivity contribution is 5.81. The Bertz CT molecular complexity index is 1160. The number of para-hydroxylation sites is 1. The smallest absolute Gasteiger partial charge is 0.357 e. The molecule has 5 rings (SSSR count). The molecule has 0 saturated carbocycles. The molecule has 35 heavy (non-hydrogen) atoms. The van der Waals surface area contributed by atoms with Crippen molar-refractivity contribution in [1.82, 2.24) is 19.8 Å². The molecule has 2 aromatic heterocycles. The fourth-order valence-electron chi connectivity index (χ4n) is 5.02. The number of hydrogen-bond acceptors (Lipinski definition) is 5. The van der Waals surface area contributed by atoms with E-state index in [0.29, 0.717) is 44.8 Å². The first-order valence-electron chi connectivity index (χ1n) is 12.0. The quantitative estimate of drug-likeness (QED) is 0.557. The fraction of sp³-hybridized carbons (Fsp3) is 0.423. The van der Waals surface area contributed by atoms with Gasteiger partial charge in [0.1, 0.15) is 5.82 Å². The van der Waals surface area contributed by atoms with Crippen LogP contribution < -0.4 is 4.90 Å². The number of carbonyl (C=O) groups excluding carboxylic acids is 1. The van der Waals surface area contributed by atoms with Crippen molar-refractivity contribution < 1.29 is 18.0 Å². The number of alkyl halides is 3. The summed E-state index contributed by atoms with van der Waals surface area (Å²) in [5, 5.41) is 1.14. The zero-order chi connectivity index (χ0) is 24.4. The summed E-state index contributed by atoms with van der Waals surface area (Å²) >= 11 is 0. The van der Waals surface area contributed by atoms with Gasteiger partial charge in [-0.1, -0.05) is 24.3 Å². The summed E-state index contributed by atoms with van der Waals surface area (Å²) in [5.74, 6) is 0.673. The van der Waals surface area contributed by atoms with Gasteiger partial charge in [-0.3, -0.25) is 14.7 Å². The Balaban J connectivity index is 1.11. The monoisotopic (exact) mass is 483 g/mol. The maximum Gasteiger partial charge on any atom is 0.417 e. The van der Waals surface area contributed by atoms with Crippen molar-refractivity contribution in [3.63, 3.8) is 0 Å². The molecule has 0 spiro atoms. The average Bonchev–Trinajstić information content (AvgIpc) is 2.89. The summed E-state index contributed by atoms with van der Waals surface area (Å²) in [6, 6.07) is 12.7. The molecule has 0 radical (unpaired) electrons. The van der Waals surface area contributed by atoms with E-state index in [1.807, 2.05) is 22.1 Å². The number of carbonyl (C=O) groups is 1. The molecule has 6 nitrogen and oxygen atoms in total. The number of piperidine rings is 1. The molecule has 3 aromatic rings. The van der Waals surface area contributed by atoms with Crippen LogP contribution in [0.15, 0.2) is 54.9 Å². The van der Waals surface area contributed by atoms with E-state index in [2.05, 4.69) is 39.1 Å². The molecule has 0 unspecified atom stereocenters. The van der Waals surface area contributed by atoms with Crippen LogP contribution in [-0.4, -0.2) is 64.9 Å². The van der Waals surface area contributed by atoms with Crippen LogP contribution in [-0.2, 0) is 17.5 Å². The number of pyridine rings is 2. The van der Waals surface area contributed by atoms with Crippen LogP contribution in [0.3, 0.4) is 0 Å². The first kappa shape index (κ1) is 23.5. The Morgan fingerprint density at radius 2 is 1.66 bits per heavy atom. The maximum atomic E-state index is 13.1. The van der Waals surface area contributed by atoms with Crippen LogP contribution in [0.25, 0.3) is 10.9 Å². The van der Waals surface area contributed by atoms with E-state index in [1.54, 1.807) is 0 Å². The van der Waals surface area contributed by atoms with E-state index < -0.39 is 11.7 Å². The van der Waals surface area contributed by atoms with Gasteiger partial charge >= 0.3 is 6.18 Å². The molecule has 1 aromatic carbocycles. The second kappa shape index (κ2) is 9.81. The third-order valence-corrected chi connectivity index (χ3v) is 7.04. The minimum atomic E-state index is -4.39. The number of piperazine rings is 1. The fourth-order valence-corrected chi connectivity index (χ4v) is 5.02. The normalized spacial score (nSPS) is 18.3. The molecule has 0 bridgehead atoms. The van der Waals surface area contributed by atoms with E-state index in [9.17, 15) is 18.0 Å². The highest BCUT2D eigenvalue weighted by Crippen LogP contribution is 2.30. The van der Waals surface area contributed by atoms with E-state index in [0.717, 1.165) is 42.8 Å². The molecule has 9 heteroatoms. The SMILES string of the molecule is O=C(C1CCN(c2ccc(C(F)(F)F)cn2)CC1)N1CCN(Cc2cccc3cccnc23)CC1. The van der Waals surface area contributed by atoms with Crippen LogP contribution in [0.4, 0.5) is 19.0 Å². The third-order valence-electron chi connectivity index (χ3n) is 7.04. The number of amides is 1. The Labute approximate surface area is 202 Å². The molecule has 2 aliphatic rings.